The lowest BCUT2D eigenvalue weighted by Crippen LogP contribution is -2.30. The van der Waals surface area contributed by atoms with Crippen molar-refractivity contribution >= 4 is 39.5 Å². The van der Waals surface area contributed by atoms with Crippen LogP contribution in [0.5, 0.6) is 0 Å². The van der Waals surface area contributed by atoms with Crippen LogP contribution in [-0.2, 0) is 65.4 Å². The highest BCUT2D eigenvalue weighted by molar-refractivity contribution is 7.47. The predicted octanol–water partition coefficient (Wildman–Crippen LogP) is 24.0. The minimum Gasteiger partial charge on any atom is -0.462 e. The number of esters is 4. The molecule has 5 atom stereocenters. The molecular formula is C80H156O17P2. The standard InChI is InChI=1S/C80H156O17P2/c1-6-9-12-15-18-21-23-25-27-29-31-32-34-36-38-40-42-45-50-55-60-65-79(84)96-75(69-91-78(83)64-59-54-49-44-41-39-37-35-33-30-28-26-24-22-19-16-13-10-7-2)71-94-98(86,87)92-67-74(81)68-93-99(88,89)95-72-76(70-90-77(82)63-58-53-48-43-20-17-14-11-8-3)97-80(85)66-61-56-51-46-47-52-57-62-73(4)5/h73-76,81H,6-72H2,1-5H3,(H,86,87)(H,88,89)/t74-,75-,76-/m1/s1. The summed E-state index contributed by atoms with van der Waals surface area (Å²) in [6.07, 6.45) is 64.2. The lowest BCUT2D eigenvalue weighted by atomic mass is 10.0. The second kappa shape index (κ2) is 73.0. The summed E-state index contributed by atoms with van der Waals surface area (Å²) in [5.74, 6) is -1.42. The van der Waals surface area contributed by atoms with Crippen LogP contribution in [-0.4, -0.2) is 96.7 Å². The fraction of sp³-hybridized carbons (Fsp3) is 0.950. The number of carbonyl (C=O) groups excluding carboxylic acids is 4. The van der Waals surface area contributed by atoms with E-state index in [-0.39, 0.29) is 25.7 Å². The molecule has 17 nitrogen and oxygen atoms in total. The van der Waals surface area contributed by atoms with Crippen LogP contribution in [0.1, 0.15) is 426 Å². The van der Waals surface area contributed by atoms with E-state index < -0.39 is 97.5 Å². The van der Waals surface area contributed by atoms with Crippen LogP contribution in [0, 0.1) is 5.92 Å². The van der Waals surface area contributed by atoms with Gasteiger partial charge >= 0.3 is 39.5 Å². The highest BCUT2D eigenvalue weighted by Crippen LogP contribution is 2.45. The fourth-order valence-electron chi connectivity index (χ4n) is 12.4. The number of phosphoric ester groups is 2. The number of unbranched alkanes of at least 4 members (excludes halogenated alkanes) is 52. The highest BCUT2D eigenvalue weighted by Gasteiger charge is 2.30. The third-order valence-electron chi connectivity index (χ3n) is 18.8. The Balaban J connectivity index is 5.17. The van der Waals surface area contributed by atoms with Crippen molar-refractivity contribution < 1.29 is 80.2 Å². The molecule has 0 aliphatic rings. The van der Waals surface area contributed by atoms with Crippen molar-refractivity contribution in [1.82, 2.24) is 0 Å². The van der Waals surface area contributed by atoms with E-state index >= 15 is 0 Å². The molecule has 19 heteroatoms. The van der Waals surface area contributed by atoms with Gasteiger partial charge in [0.05, 0.1) is 26.4 Å². The number of hydrogen-bond donors (Lipinski definition) is 3. The smallest absolute Gasteiger partial charge is 0.462 e. The van der Waals surface area contributed by atoms with E-state index in [1.165, 1.54) is 250 Å². The van der Waals surface area contributed by atoms with Gasteiger partial charge in [0.15, 0.2) is 12.2 Å². The zero-order valence-electron chi connectivity index (χ0n) is 64.6. The second-order valence-corrected chi connectivity index (χ2v) is 32.2. The Morgan fingerprint density at radius 1 is 0.273 bits per heavy atom. The van der Waals surface area contributed by atoms with Gasteiger partial charge in [-0.15, -0.1) is 0 Å². The van der Waals surface area contributed by atoms with E-state index in [1.807, 2.05) is 0 Å². The van der Waals surface area contributed by atoms with Crippen molar-refractivity contribution in [3.8, 4) is 0 Å². The van der Waals surface area contributed by atoms with E-state index in [1.54, 1.807) is 0 Å². The highest BCUT2D eigenvalue weighted by atomic mass is 31.2. The Kier molecular flexibility index (Phi) is 71.6. The quantitative estimate of drug-likeness (QED) is 0.0222. The molecule has 0 saturated heterocycles. The normalized spacial score (nSPS) is 13.9. The molecule has 0 fully saturated rings. The van der Waals surface area contributed by atoms with E-state index in [4.69, 9.17) is 37.0 Å². The predicted molar refractivity (Wildman–Crippen MR) is 405 cm³/mol. The monoisotopic (exact) mass is 1450 g/mol. The molecule has 0 aliphatic heterocycles. The molecule has 0 amide bonds. The van der Waals surface area contributed by atoms with Gasteiger partial charge in [0.1, 0.15) is 19.3 Å². The molecular weight excluding hydrogens is 1290 g/mol. The minimum atomic E-state index is -4.96. The van der Waals surface area contributed by atoms with Crippen LogP contribution in [0.3, 0.4) is 0 Å². The Hall–Kier alpha value is -1.94. The van der Waals surface area contributed by atoms with Gasteiger partial charge in [-0.05, 0) is 31.6 Å². The number of hydrogen-bond acceptors (Lipinski definition) is 15. The van der Waals surface area contributed by atoms with Crippen LogP contribution < -0.4 is 0 Å². The molecule has 0 spiro atoms. The molecule has 0 bridgehead atoms. The lowest BCUT2D eigenvalue weighted by Gasteiger charge is -2.21. The van der Waals surface area contributed by atoms with Gasteiger partial charge in [0.2, 0.25) is 0 Å². The number of ether oxygens (including phenoxy) is 4. The topological polar surface area (TPSA) is 237 Å². The van der Waals surface area contributed by atoms with E-state index in [2.05, 4.69) is 34.6 Å². The van der Waals surface area contributed by atoms with Gasteiger partial charge in [0.25, 0.3) is 0 Å². The summed E-state index contributed by atoms with van der Waals surface area (Å²) in [4.78, 5) is 72.8. The van der Waals surface area contributed by atoms with Gasteiger partial charge < -0.3 is 33.8 Å². The summed E-state index contributed by atoms with van der Waals surface area (Å²) < 4.78 is 68.6. The second-order valence-electron chi connectivity index (χ2n) is 29.3. The van der Waals surface area contributed by atoms with Gasteiger partial charge in [-0.2, -0.15) is 0 Å². The number of aliphatic hydroxyl groups excluding tert-OH is 1. The third kappa shape index (κ3) is 74.1. The molecule has 588 valence electrons. The van der Waals surface area contributed by atoms with Crippen LogP contribution >= 0.6 is 15.6 Å². The van der Waals surface area contributed by atoms with Gasteiger partial charge in [-0.1, -0.05) is 375 Å². The van der Waals surface area contributed by atoms with Crippen molar-refractivity contribution in [1.29, 1.82) is 0 Å². The molecule has 0 heterocycles. The SMILES string of the molecule is CCCCCCCCCCCCCCCCCCCCCCCC(=O)O[C@H](COC(=O)CCCCCCCCCCCCCCCCCCCCC)COP(=O)(O)OC[C@@H](O)COP(=O)(O)OC[C@@H](COC(=O)CCCCCCCCCCC)OC(=O)CCCCCCCCCC(C)C. The first-order valence-corrected chi connectivity index (χ1v) is 44.6. The molecule has 0 aliphatic carbocycles. The Morgan fingerprint density at radius 2 is 0.465 bits per heavy atom. The lowest BCUT2D eigenvalue weighted by molar-refractivity contribution is -0.161. The summed E-state index contributed by atoms with van der Waals surface area (Å²) >= 11 is 0. The Bertz CT molecular complexity index is 1890. The van der Waals surface area contributed by atoms with Crippen molar-refractivity contribution in [2.75, 3.05) is 39.6 Å². The average molecular weight is 1450 g/mol. The van der Waals surface area contributed by atoms with Crippen LogP contribution in [0.25, 0.3) is 0 Å². The first-order valence-electron chi connectivity index (χ1n) is 41.6. The number of phosphoric acid groups is 2. The molecule has 0 radical (unpaired) electrons. The summed E-state index contributed by atoms with van der Waals surface area (Å²) in [6.45, 7) is 7.23. The van der Waals surface area contributed by atoms with Crippen molar-refractivity contribution in [3.63, 3.8) is 0 Å². The van der Waals surface area contributed by atoms with Crippen LogP contribution in [0.2, 0.25) is 0 Å². The van der Waals surface area contributed by atoms with E-state index in [0.29, 0.717) is 31.6 Å². The summed E-state index contributed by atoms with van der Waals surface area (Å²) in [5, 5.41) is 10.6. The zero-order valence-corrected chi connectivity index (χ0v) is 66.4. The molecule has 2 unspecified atom stereocenters. The maximum absolute atomic E-state index is 13.1. The Morgan fingerprint density at radius 3 is 0.687 bits per heavy atom. The summed E-state index contributed by atoms with van der Waals surface area (Å²) in [5.41, 5.74) is 0. The molecule has 0 aromatic heterocycles. The third-order valence-corrected chi connectivity index (χ3v) is 20.7. The van der Waals surface area contributed by atoms with E-state index in [0.717, 1.165) is 89.9 Å². The number of aliphatic hydroxyl groups is 1. The largest absolute Gasteiger partial charge is 0.472 e. The van der Waals surface area contributed by atoms with Crippen LogP contribution in [0.15, 0.2) is 0 Å². The van der Waals surface area contributed by atoms with Crippen LogP contribution in [0.4, 0.5) is 0 Å². The minimum absolute atomic E-state index is 0.104. The average Bonchev–Trinajstić information content (AvgIpc) is 0.975. The van der Waals surface area contributed by atoms with Crippen molar-refractivity contribution in [3.05, 3.63) is 0 Å². The number of carbonyl (C=O) groups is 4. The van der Waals surface area contributed by atoms with Crippen molar-refractivity contribution in [2.24, 2.45) is 5.92 Å². The summed E-state index contributed by atoms with van der Waals surface area (Å²) in [6, 6.07) is 0. The van der Waals surface area contributed by atoms with Gasteiger partial charge in [0, 0.05) is 25.7 Å². The molecule has 3 N–H and O–H groups in total. The van der Waals surface area contributed by atoms with Crippen molar-refractivity contribution in [2.45, 2.75) is 445 Å². The molecule has 0 aromatic carbocycles. The first-order chi connectivity index (χ1) is 48.0. The Labute approximate surface area is 607 Å². The van der Waals surface area contributed by atoms with Gasteiger partial charge in [-0.3, -0.25) is 37.3 Å². The van der Waals surface area contributed by atoms with Gasteiger partial charge in [-0.25, -0.2) is 9.13 Å². The first kappa shape index (κ1) is 97.1. The molecule has 99 heavy (non-hydrogen) atoms. The zero-order chi connectivity index (χ0) is 72.7. The maximum atomic E-state index is 13.1. The molecule has 0 aromatic rings. The summed E-state index contributed by atoms with van der Waals surface area (Å²) in [7, 11) is -9.91. The number of rotatable bonds is 80. The molecule has 0 rings (SSSR count). The molecule has 0 saturated carbocycles. The fourth-order valence-corrected chi connectivity index (χ4v) is 14.0. The van der Waals surface area contributed by atoms with E-state index in [9.17, 15) is 43.2 Å². The maximum Gasteiger partial charge on any atom is 0.472 e.